The maximum Gasteiger partial charge on any atom is 0.269 e. The van der Waals surface area contributed by atoms with Gasteiger partial charge in [-0.2, -0.15) is 5.10 Å². The normalized spacial score (nSPS) is 13.8. The lowest BCUT2D eigenvalue weighted by atomic mass is 9.96. The van der Waals surface area contributed by atoms with E-state index in [0.29, 0.717) is 5.69 Å². The first kappa shape index (κ1) is 14.3. The number of aliphatic hydroxyl groups is 1. The van der Waals surface area contributed by atoms with Crippen molar-refractivity contribution in [3.8, 4) is 0 Å². The van der Waals surface area contributed by atoms with Crippen molar-refractivity contribution in [3.05, 3.63) is 53.3 Å². The number of nitrogens with zero attached hydrogens (tertiary/aromatic N) is 2. The highest BCUT2D eigenvalue weighted by Gasteiger charge is 2.24. The fourth-order valence-corrected chi connectivity index (χ4v) is 2.07. The van der Waals surface area contributed by atoms with Crippen molar-refractivity contribution in [2.45, 2.75) is 19.4 Å². The molecule has 20 heavy (non-hydrogen) atoms. The molecule has 1 aromatic heterocycles. The predicted molar refractivity (Wildman–Crippen MR) is 76.3 cm³/mol. The second-order valence-electron chi connectivity index (χ2n) is 5.12. The summed E-state index contributed by atoms with van der Waals surface area (Å²) in [6.45, 7) is 3.65. The molecule has 0 fully saturated rings. The summed E-state index contributed by atoms with van der Waals surface area (Å²) in [5.74, 6) is -0.246. The molecule has 0 saturated carbocycles. The molecule has 0 aliphatic rings. The van der Waals surface area contributed by atoms with E-state index in [2.05, 4.69) is 10.4 Å². The molecule has 1 unspecified atom stereocenters. The van der Waals surface area contributed by atoms with Gasteiger partial charge in [0.15, 0.2) is 0 Å². The molecule has 1 atom stereocenters. The minimum atomic E-state index is -1.11. The Hall–Kier alpha value is -2.14. The third kappa shape index (κ3) is 3.05. The lowest BCUT2D eigenvalue weighted by Crippen LogP contribution is -2.39. The van der Waals surface area contributed by atoms with E-state index in [0.717, 1.165) is 11.3 Å². The van der Waals surface area contributed by atoms with E-state index in [1.54, 1.807) is 20.0 Å². The molecule has 106 valence electrons. The SMILES string of the molecule is Cc1cc(C(=O)NCC(C)(O)c2ccccc2)n(C)n1. The fourth-order valence-electron chi connectivity index (χ4n) is 2.07. The highest BCUT2D eigenvalue weighted by atomic mass is 16.3. The van der Waals surface area contributed by atoms with E-state index in [1.165, 1.54) is 4.68 Å². The van der Waals surface area contributed by atoms with Crippen LogP contribution in [0.15, 0.2) is 36.4 Å². The minimum Gasteiger partial charge on any atom is -0.384 e. The van der Waals surface area contributed by atoms with Gasteiger partial charge in [-0.25, -0.2) is 0 Å². The average molecular weight is 273 g/mol. The number of rotatable bonds is 4. The molecule has 0 saturated heterocycles. The van der Waals surface area contributed by atoms with Crippen LogP contribution in [-0.4, -0.2) is 27.3 Å². The summed E-state index contributed by atoms with van der Waals surface area (Å²) < 4.78 is 1.53. The van der Waals surface area contributed by atoms with Gasteiger partial charge in [-0.1, -0.05) is 30.3 Å². The Morgan fingerprint density at radius 2 is 2.05 bits per heavy atom. The van der Waals surface area contributed by atoms with E-state index in [9.17, 15) is 9.90 Å². The Morgan fingerprint density at radius 1 is 1.40 bits per heavy atom. The number of nitrogens with one attached hydrogen (secondary N) is 1. The van der Waals surface area contributed by atoms with Crippen LogP contribution in [0.1, 0.15) is 28.7 Å². The number of amides is 1. The summed E-state index contributed by atoms with van der Waals surface area (Å²) in [7, 11) is 1.72. The molecule has 0 bridgehead atoms. The van der Waals surface area contributed by atoms with Crippen molar-refractivity contribution < 1.29 is 9.90 Å². The van der Waals surface area contributed by atoms with E-state index >= 15 is 0 Å². The number of aromatic nitrogens is 2. The van der Waals surface area contributed by atoms with Crippen molar-refractivity contribution >= 4 is 5.91 Å². The van der Waals surface area contributed by atoms with Gasteiger partial charge >= 0.3 is 0 Å². The first-order valence-electron chi connectivity index (χ1n) is 6.47. The predicted octanol–water partition coefficient (Wildman–Crippen LogP) is 1.37. The van der Waals surface area contributed by atoms with Gasteiger partial charge in [0.1, 0.15) is 11.3 Å². The lowest BCUT2D eigenvalue weighted by molar-refractivity contribution is 0.0523. The number of carbonyl (C=O) groups is 1. The minimum absolute atomic E-state index is 0.139. The molecule has 5 heteroatoms. The van der Waals surface area contributed by atoms with Gasteiger partial charge in [-0.3, -0.25) is 9.48 Å². The number of aryl methyl sites for hydroxylation is 2. The van der Waals surface area contributed by atoms with Crippen LogP contribution in [-0.2, 0) is 12.6 Å². The summed E-state index contributed by atoms with van der Waals surface area (Å²) in [5.41, 5.74) is 0.921. The first-order chi connectivity index (χ1) is 9.40. The van der Waals surface area contributed by atoms with Gasteiger partial charge in [0.25, 0.3) is 5.91 Å². The van der Waals surface area contributed by atoms with Crippen LogP contribution >= 0.6 is 0 Å². The largest absolute Gasteiger partial charge is 0.384 e. The Labute approximate surface area is 118 Å². The number of carbonyl (C=O) groups excluding carboxylic acids is 1. The highest BCUT2D eigenvalue weighted by molar-refractivity contribution is 5.92. The van der Waals surface area contributed by atoms with Crippen LogP contribution in [0, 0.1) is 6.92 Å². The smallest absolute Gasteiger partial charge is 0.269 e. The second-order valence-corrected chi connectivity index (χ2v) is 5.12. The van der Waals surface area contributed by atoms with Crippen molar-refractivity contribution in [1.29, 1.82) is 0 Å². The fraction of sp³-hybridized carbons (Fsp3) is 0.333. The van der Waals surface area contributed by atoms with Crippen LogP contribution in [0.3, 0.4) is 0 Å². The highest BCUT2D eigenvalue weighted by Crippen LogP contribution is 2.19. The molecule has 2 aromatic rings. The zero-order valence-corrected chi connectivity index (χ0v) is 11.9. The molecule has 1 aromatic carbocycles. The lowest BCUT2D eigenvalue weighted by Gasteiger charge is -2.24. The Morgan fingerprint density at radius 3 is 2.60 bits per heavy atom. The molecule has 0 aliphatic heterocycles. The second kappa shape index (κ2) is 5.46. The Balaban J connectivity index is 2.05. The summed E-state index contributed by atoms with van der Waals surface area (Å²) in [6.07, 6.45) is 0. The van der Waals surface area contributed by atoms with E-state index in [4.69, 9.17) is 0 Å². The van der Waals surface area contributed by atoms with E-state index in [1.807, 2.05) is 37.3 Å². The zero-order valence-electron chi connectivity index (χ0n) is 11.9. The van der Waals surface area contributed by atoms with Gasteiger partial charge in [0.05, 0.1) is 12.2 Å². The molecule has 1 heterocycles. The first-order valence-corrected chi connectivity index (χ1v) is 6.47. The van der Waals surface area contributed by atoms with Crippen LogP contribution in [0.2, 0.25) is 0 Å². The third-order valence-electron chi connectivity index (χ3n) is 3.22. The van der Waals surface area contributed by atoms with Gasteiger partial charge in [0, 0.05) is 7.05 Å². The van der Waals surface area contributed by atoms with Crippen molar-refractivity contribution in [2.75, 3.05) is 6.54 Å². The Kier molecular flexibility index (Phi) is 3.90. The maximum absolute atomic E-state index is 12.1. The molecule has 0 radical (unpaired) electrons. The monoisotopic (exact) mass is 273 g/mol. The number of hydrogen-bond acceptors (Lipinski definition) is 3. The number of hydrogen-bond donors (Lipinski definition) is 2. The van der Waals surface area contributed by atoms with Crippen LogP contribution in [0.5, 0.6) is 0 Å². The van der Waals surface area contributed by atoms with Crippen molar-refractivity contribution in [3.63, 3.8) is 0 Å². The number of benzene rings is 1. The molecule has 1 amide bonds. The maximum atomic E-state index is 12.1. The van der Waals surface area contributed by atoms with Crippen LogP contribution in [0.4, 0.5) is 0 Å². The van der Waals surface area contributed by atoms with Crippen molar-refractivity contribution in [1.82, 2.24) is 15.1 Å². The van der Waals surface area contributed by atoms with Crippen molar-refractivity contribution in [2.24, 2.45) is 7.05 Å². The van der Waals surface area contributed by atoms with Crippen LogP contribution in [0.25, 0.3) is 0 Å². The van der Waals surface area contributed by atoms with Gasteiger partial charge in [-0.15, -0.1) is 0 Å². The van der Waals surface area contributed by atoms with Crippen LogP contribution < -0.4 is 5.32 Å². The summed E-state index contributed by atoms with van der Waals surface area (Å²) in [5, 5.41) is 17.3. The molecule has 2 rings (SSSR count). The van der Waals surface area contributed by atoms with Gasteiger partial charge < -0.3 is 10.4 Å². The molecule has 0 aliphatic carbocycles. The summed E-state index contributed by atoms with van der Waals surface area (Å²) >= 11 is 0. The zero-order chi connectivity index (χ0) is 14.8. The Bertz CT molecular complexity index is 603. The van der Waals surface area contributed by atoms with Gasteiger partial charge in [0.2, 0.25) is 0 Å². The summed E-state index contributed by atoms with van der Waals surface area (Å²) in [6, 6.07) is 11.0. The molecule has 5 nitrogen and oxygen atoms in total. The van der Waals surface area contributed by atoms with E-state index in [-0.39, 0.29) is 12.5 Å². The molecular weight excluding hydrogens is 254 g/mol. The molecule has 0 spiro atoms. The van der Waals surface area contributed by atoms with Gasteiger partial charge in [-0.05, 0) is 25.5 Å². The quantitative estimate of drug-likeness (QED) is 0.884. The molecular formula is C15H19N3O2. The average Bonchev–Trinajstić information content (AvgIpc) is 2.76. The topological polar surface area (TPSA) is 67.2 Å². The summed E-state index contributed by atoms with van der Waals surface area (Å²) in [4.78, 5) is 12.1. The third-order valence-corrected chi connectivity index (χ3v) is 3.22. The standard InChI is InChI=1S/C15H19N3O2/c1-11-9-13(18(3)17-11)14(19)16-10-15(2,20)12-7-5-4-6-8-12/h4-9,20H,10H2,1-3H3,(H,16,19). The molecule has 2 N–H and O–H groups in total. The van der Waals surface area contributed by atoms with E-state index < -0.39 is 5.60 Å².